The zero-order valence-corrected chi connectivity index (χ0v) is 18.8. The molecule has 2 rings (SSSR count). The van der Waals surface area contributed by atoms with Gasteiger partial charge in [-0.3, -0.25) is 9.59 Å². The highest BCUT2D eigenvalue weighted by atomic mass is 16.5. The molecule has 0 aliphatic carbocycles. The van der Waals surface area contributed by atoms with Crippen molar-refractivity contribution >= 4 is 11.9 Å². The summed E-state index contributed by atoms with van der Waals surface area (Å²) >= 11 is 0. The molecule has 1 aromatic heterocycles. The van der Waals surface area contributed by atoms with Crippen molar-refractivity contribution in [3.05, 3.63) is 46.8 Å². The predicted molar refractivity (Wildman–Crippen MR) is 113 cm³/mol. The van der Waals surface area contributed by atoms with Crippen LogP contribution in [0.15, 0.2) is 28.8 Å². The lowest BCUT2D eigenvalue weighted by Crippen LogP contribution is -2.52. The number of hydrogen-bond acceptors (Lipinski definition) is 7. The number of ether oxygens (including phenoxy) is 2. The van der Waals surface area contributed by atoms with Gasteiger partial charge in [-0.25, -0.2) is 0 Å². The zero-order chi connectivity index (χ0) is 23.2. The number of nitrogens with zero attached hydrogens (tertiary/aromatic N) is 2. The molecule has 0 saturated carbocycles. The Morgan fingerprint density at radius 2 is 1.87 bits per heavy atom. The second-order valence-corrected chi connectivity index (χ2v) is 8.00. The number of amides is 1. The molecule has 1 N–H and O–H groups in total. The maximum atomic E-state index is 12.3. The smallest absolute Gasteiger partial charge is 0.311 e. The Kier molecular flexibility index (Phi) is 7.81. The molecule has 0 saturated heterocycles. The van der Waals surface area contributed by atoms with Crippen LogP contribution in [-0.4, -0.2) is 28.7 Å². The number of carbonyl (C=O) groups is 2. The van der Waals surface area contributed by atoms with Gasteiger partial charge in [0.1, 0.15) is 23.7 Å². The first-order valence-corrected chi connectivity index (χ1v) is 10.1. The molecule has 31 heavy (non-hydrogen) atoms. The van der Waals surface area contributed by atoms with Gasteiger partial charge >= 0.3 is 5.97 Å². The van der Waals surface area contributed by atoms with Gasteiger partial charge in [-0.1, -0.05) is 31.1 Å². The third-order valence-electron chi connectivity index (χ3n) is 5.28. The first-order valence-electron chi connectivity index (χ1n) is 10.1. The van der Waals surface area contributed by atoms with Crippen molar-refractivity contribution in [2.24, 2.45) is 5.92 Å². The highest BCUT2D eigenvalue weighted by Gasteiger charge is 2.32. The van der Waals surface area contributed by atoms with E-state index in [0.29, 0.717) is 12.4 Å². The molecule has 2 aromatic rings. The number of aromatic nitrogens is 1. The summed E-state index contributed by atoms with van der Waals surface area (Å²) in [6.07, 6.45) is -0.988. The third kappa shape index (κ3) is 6.32. The predicted octanol–water partition coefficient (Wildman–Crippen LogP) is 3.40. The van der Waals surface area contributed by atoms with Crippen molar-refractivity contribution in [2.75, 3.05) is 0 Å². The van der Waals surface area contributed by atoms with Gasteiger partial charge in [-0.05, 0) is 51.3 Å². The summed E-state index contributed by atoms with van der Waals surface area (Å²) in [5.41, 5.74) is 1.40. The number of nitrogens with one attached hydrogen (secondary N) is 1. The number of carbonyl (C=O) groups excluding carboxylic acids is 2. The van der Waals surface area contributed by atoms with Gasteiger partial charge in [-0.15, -0.1) is 0 Å². The summed E-state index contributed by atoms with van der Waals surface area (Å²) in [7, 11) is 0. The summed E-state index contributed by atoms with van der Waals surface area (Å²) in [5, 5.41) is 15.9. The monoisotopic (exact) mass is 427 g/mol. The van der Waals surface area contributed by atoms with Crippen LogP contribution in [0, 0.1) is 31.1 Å². The fraction of sp³-hybridized carbons (Fsp3) is 0.478. The van der Waals surface area contributed by atoms with Crippen LogP contribution >= 0.6 is 0 Å². The SMILES string of the molecule is Cc1noc(C)c1COc1ccc(CC(=O)O[C@@H](C)C(=O)N[C@](C)(C#N)C(C)C)cc1. The average molecular weight is 428 g/mol. The van der Waals surface area contributed by atoms with Crippen LogP contribution in [0.25, 0.3) is 0 Å². The molecule has 0 radical (unpaired) electrons. The van der Waals surface area contributed by atoms with Gasteiger partial charge in [0, 0.05) is 0 Å². The molecular weight excluding hydrogens is 398 g/mol. The lowest BCUT2D eigenvalue weighted by atomic mass is 9.90. The maximum absolute atomic E-state index is 12.3. The standard InChI is InChI=1S/C23H29N3O5/c1-14(2)23(6,13-24)25-22(28)17(5)30-21(27)11-18-7-9-19(10-8-18)29-12-20-15(3)26-31-16(20)4/h7-10,14,17H,11-12H2,1-6H3,(H,25,28)/t17-,23+/m0/s1. The van der Waals surface area contributed by atoms with E-state index < -0.39 is 23.5 Å². The van der Waals surface area contributed by atoms with E-state index in [2.05, 4.69) is 16.5 Å². The lowest BCUT2D eigenvalue weighted by Gasteiger charge is -2.28. The Labute approximate surface area is 182 Å². The minimum absolute atomic E-state index is 0.0153. The van der Waals surface area contributed by atoms with Crippen LogP contribution in [0.1, 0.15) is 50.3 Å². The van der Waals surface area contributed by atoms with Crippen molar-refractivity contribution < 1.29 is 23.6 Å². The lowest BCUT2D eigenvalue weighted by molar-refractivity contribution is -0.154. The first kappa shape index (κ1) is 23.9. The molecule has 0 fully saturated rings. The Morgan fingerprint density at radius 1 is 1.23 bits per heavy atom. The van der Waals surface area contributed by atoms with Gasteiger partial charge in [-0.2, -0.15) is 5.26 Å². The minimum atomic E-state index is -1.03. The van der Waals surface area contributed by atoms with Gasteiger partial charge in [0.15, 0.2) is 6.10 Å². The largest absolute Gasteiger partial charge is 0.489 e. The third-order valence-corrected chi connectivity index (χ3v) is 5.28. The number of aryl methyl sites for hydroxylation is 2. The number of nitriles is 1. The molecule has 0 spiro atoms. The van der Waals surface area contributed by atoms with Crippen molar-refractivity contribution in [2.45, 2.75) is 66.2 Å². The van der Waals surface area contributed by atoms with Gasteiger partial charge in [0.05, 0.1) is 23.7 Å². The molecular formula is C23H29N3O5. The summed E-state index contributed by atoms with van der Waals surface area (Å²) < 4.78 is 16.1. The van der Waals surface area contributed by atoms with Crippen LogP contribution in [0.4, 0.5) is 0 Å². The summed E-state index contributed by atoms with van der Waals surface area (Å²) in [6, 6.07) is 9.15. The highest BCUT2D eigenvalue weighted by molar-refractivity contribution is 5.84. The van der Waals surface area contributed by atoms with Gasteiger partial charge in [0.2, 0.25) is 0 Å². The quantitative estimate of drug-likeness (QED) is 0.610. The summed E-state index contributed by atoms with van der Waals surface area (Å²) in [4.78, 5) is 24.5. The number of rotatable bonds is 9. The van der Waals surface area contributed by atoms with E-state index >= 15 is 0 Å². The van der Waals surface area contributed by atoms with E-state index in [-0.39, 0.29) is 12.3 Å². The van der Waals surface area contributed by atoms with Crippen molar-refractivity contribution in [3.8, 4) is 11.8 Å². The normalized spacial score (nSPS) is 13.7. The van der Waals surface area contributed by atoms with E-state index in [9.17, 15) is 14.9 Å². The molecule has 8 nitrogen and oxygen atoms in total. The fourth-order valence-electron chi connectivity index (χ4n) is 2.68. The van der Waals surface area contributed by atoms with Crippen LogP contribution < -0.4 is 10.1 Å². The number of hydrogen-bond donors (Lipinski definition) is 1. The molecule has 0 aliphatic rings. The fourth-order valence-corrected chi connectivity index (χ4v) is 2.68. The van der Waals surface area contributed by atoms with Crippen LogP contribution in [0.5, 0.6) is 5.75 Å². The number of esters is 1. The molecule has 0 unspecified atom stereocenters. The van der Waals surface area contributed by atoms with Gasteiger partial charge in [0.25, 0.3) is 5.91 Å². The second kappa shape index (κ2) is 10.1. The van der Waals surface area contributed by atoms with E-state index in [1.54, 1.807) is 31.2 Å². The van der Waals surface area contributed by atoms with Crippen molar-refractivity contribution in [3.63, 3.8) is 0 Å². The van der Waals surface area contributed by atoms with E-state index in [0.717, 1.165) is 22.6 Å². The molecule has 1 aromatic carbocycles. The zero-order valence-electron chi connectivity index (χ0n) is 18.8. The minimum Gasteiger partial charge on any atom is -0.489 e. The Morgan fingerprint density at radius 3 is 2.39 bits per heavy atom. The molecule has 0 aliphatic heterocycles. The molecule has 0 bridgehead atoms. The molecule has 166 valence electrons. The Balaban J connectivity index is 1.86. The van der Waals surface area contributed by atoms with E-state index in [1.165, 1.54) is 6.92 Å². The summed E-state index contributed by atoms with van der Waals surface area (Å²) in [6.45, 7) is 10.8. The maximum Gasteiger partial charge on any atom is 0.311 e. The highest BCUT2D eigenvalue weighted by Crippen LogP contribution is 2.19. The van der Waals surface area contributed by atoms with Gasteiger partial charge < -0.3 is 19.3 Å². The van der Waals surface area contributed by atoms with Crippen LogP contribution in [-0.2, 0) is 27.4 Å². The Bertz CT molecular complexity index is 939. The number of benzene rings is 1. The topological polar surface area (TPSA) is 114 Å². The average Bonchev–Trinajstić information content (AvgIpc) is 3.04. The first-order chi connectivity index (χ1) is 14.6. The van der Waals surface area contributed by atoms with Crippen LogP contribution in [0.2, 0.25) is 0 Å². The second-order valence-electron chi connectivity index (χ2n) is 8.00. The molecule has 2 atom stereocenters. The van der Waals surface area contributed by atoms with Crippen molar-refractivity contribution in [1.29, 1.82) is 5.26 Å². The van der Waals surface area contributed by atoms with Crippen LogP contribution in [0.3, 0.4) is 0 Å². The molecule has 1 heterocycles. The van der Waals surface area contributed by atoms with E-state index in [4.69, 9.17) is 14.0 Å². The summed E-state index contributed by atoms with van der Waals surface area (Å²) in [5.74, 6) is 0.236. The van der Waals surface area contributed by atoms with Crippen molar-refractivity contribution in [1.82, 2.24) is 10.5 Å². The Hall–Kier alpha value is -3.34. The van der Waals surface area contributed by atoms with E-state index in [1.807, 2.05) is 27.7 Å². The molecule has 8 heteroatoms. The molecule has 1 amide bonds.